The van der Waals surface area contributed by atoms with Gasteiger partial charge in [-0.3, -0.25) is 19.9 Å². The topological polar surface area (TPSA) is 118 Å². The number of thioether (sulfide) groups is 1. The minimum Gasteiger partial charge on any atom is -0.626 e. The SMILES string of the molecule is O=CN1CCN(c2nc(=S)c([N+](=O)[O-])c([N+]3([O-])CCSCC3)[nH]2)CC1. The number of rotatable bonds is 4. The predicted octanol–water partition coefficient (Wildman–Crippen LogP) is 0.878. The monoisotopic (exact) mass is 386 g/mol. The van der Waals surface area contributed by atoms with E-state index in [9.17, 15) is 20.1 Å². The summed E-state index contributed by atoms with van der Waals surface area (Å²) >= 11 is 6.77. The van der Waals surface area contributed by atoms with Gasteiger partial charge in [-0.2, -0.15) is 16.7 Å². The van der Waals surface area contributed by atoms with Crippen LogP contribution in [0.15, 0.2) is 0 Å². The predicted molar refractivity (Wildman–Crippen MR) is 98.1 cm³/mol. The molecule has 1 aromatic heterocycles. The molecule has 0 spiro atoms. The average Bonchev–Trinajstić information content (AvgIpc) is 2.61. The number of hydrogen-bond acceptors (Lipinski definition) is 8. The van der Waals surface area contributed by atoms with Crippen LogP contribution in [0, 0.1) is 20.0 Å². The molecule has 1 amide bonds. The fourth-order valence-corrected chi connectivity index (χ4v) is 4.26. The molecule has 10 nitrogen and oxygen atoms in total. The summed E-state index contributed by atoms with van der Waals surface area (Å²) in [6.07, 6.45) is 0.789. The van der Waals surface area contributed by atoms with E-state index in [0.29, 0.717) is 43.6 Å². The summed E-state index contributed by atoms with van der Waals surface area (Å²) in [7, 11) is 0. The van der Waals surface area contributed by atoms with Gasteiger partial charge in [-0.05, 0) is 0 Å². The Hall–Kier alpha value is -1.76. The Morgan fingerprint density at radius 1 is 1.28 bits per heavy atom. The number of anilines is 1. The number of piperazine rings is 1. The second-order valence-corrected chi connectivity index (χ2v) is 7.51. The van der Waals surface area contributed by atoms with E-state index in [1.807, 2.05) is 4.90 Å². The van der Waals surface area contributed by atoms with Crippen molar-refractivity contribution >= 4 is 47.8 Å². The number of H-pyrrole nitrogens is 1. The fourth-order valence-electron chi connectivity index (χ4n) is 2.95. The van der Waals surface area contributed by atoms with Gasteiger partial charge in [0.25, 0.3) is 5.82 Å². The molecule has 0 bridgehead atoms. The third-order valence-corrected chi connectivity index (χ3v) is 5.64. The fraction of sp³-hybridized carbons (Fsp3) is 0.615. The molecule has 25 heavy (non-hydrogen) atoms. The van der Waals surface area contributed by atoms with E-state index in [2.05, 4.69) is 9.97 Å². The van der Waals surface area contributed by atoms with Gasteiger partial charge < -0.3 is 19.7 Å². The highest BCUT2D eigenvalue weighted by atomic mass is 32.2. The van der Waals surface area contributed by atoms with Crippen LogP contribution in [0.1, 0.15) is 0 Å². The van der Waals surface area contributed by atoms with Gasteiger partial charge >= 0.3 is 5.69 Å². The van der Waals surface area contributed by atoms with E-state index in [4.69, 9.17) is 12.2 Å². The van der Waals surface area contributed by atoms with Crippen molar-refractivity contribution in [1.29, 1.82) is 0 Å². The van der Waals surface area contributed by atoms with E-state index in [0.717, 1.165) is 6.41 Å². The first-order valence-corrected chi connectivity index (χ1v) is 9.40. The van der Waals surface area contributed by atoms with Gasteiger partial charge in [-0.15, -0.1) is 0 Å². The third-order valence-electron chi connectivity index (χ3n) is 4.41. The summed E-state index contributed by atoms with van der Waals surface area (Å²) < 4.78 is -0.977. The second kappa shape index (κ2) is 7.23. The quantitative estimate of drug-likeness (QED) is 0.202. The van der Waals surface area contributed by atoms with Crippen LogP contribution in [0.5, 0.6) is 0 Å². The summed E-state index contributed by atoms with van der Waals surface area (Å²) in [4.78, 5) is 32.2. The first-order chi connectivity index (χ1) is 11.9. The number of hydroxylamine groups is 2. The normalized spacial score (nSPS) is 20.4. The molecule has 0 atom stereocenters. The first kappa shape index (κ1) is 18.0. The molecule has 136 valence electrons. The largest absolute Gasteiger partial charge is 0.626 e. The summed E-state index contributed by atoms with van der Waals surface area (Å²) in [5.41, 5.74) is -0.410. The zero-order valence-electron chi connectivity index (χ0n) is 13.4. The molecule has 2 fully saturated rings. The number of aromatic nitrogens is 2. The van der Waals surface area contributed by atoms with Crippen LogP contribution in [-0.4, -0.2) is 77.0 Å². The summed E-state index contributed by atoms with van der Waals surface area (Å²) in [6.45, 7) is 2.57. The summed E-state index contributed by atoms with van der Waals surface area (Å²) in [5.74, 6) is 1.59. The Kier molecular flexibility index (Phi) is 5.22. The molecule has 0 saturated carbocycles. The highest BCUT2D eigenvalue weighted by molar-refractivity contribution is 7.99. The van der Waals surface area contributed by atoms with Crippen molar-refractivity contribution in [3.05, 3.63) is 20.0 Å². The number of hydrogen-bond donors (Lipinski definition) is 1. The summed E-state index contributed by atoms with van der Waals surface area (Å²) in [6, 6.07) is 0. The van der Waals surface area contributed by atoms with Crippen LogP contribution in [0.25, 0.3) is 0 Å². The number of nitrogens with one attached hydrogen (secondary N) is 1. The number of carbonyl (C=O) groups excluding carboxylic acids is 1. The Bertz CT molecular complexity index is 728. The maximum Gasteiger partial charge on any atom is 0.384 e. The number of carbonyl (C=O) groups is 1. The van der Waals surface area contributed by atoms with Crippen molar-refractivity contribution in [3.8, 4) is 0 Å². The van der Waals surface area contributed by atoms with Gasteiger partial charge in [0.2, 0.25) is 17.0 Å². The molecule has 2 saturated heterocycles. The van der Waals surface area contributed by atoms with E-state index < -0.39 is 15.3 Å². The highest BCUT2D eigenvalue weighted by Crippen LogP contribution is 2.35. The van der Waals surface area contributed by atoms with E-state index in [1.165, 1.54) is 0 Å². The zero-order chi connectivity index (χ0) is 18.0. The number of amides is 1. The van der Waals surface area contributed by atoms with Crippen molar-refractivity contribution in [2.75, 3.05) is 55.7 Å². The van der Waals surface area contributed by atoms with Crippen molar-refractivity contribution in [3.63, 3.8) is 0 Å². The minimum atomic E-state index is -0.795. The molecule has 1 N–H and O–H groups in total. The van der Waals surface area contributed by atoms with E-state index in [-0.39, 0.29) is 23.5 Å². The smallest absolute Gasteiger partial charge is 0.384 e. The van der Waals surface area contributed by atoms with Crippen LogP contribution >= 0.6 is 24.0 Å². The third kappa shape index (κ3) is 3.61. The molecular weight excluding hydrogens is 368 g/mol. The molecular formula is C13H18N6O4S2. The number of quaternary nitrogens is 1. The van der Waals surface area contributed by atoms with Gasteiger partial charge in [-0.1, -0.05) is 12.2 Å². The first-order valence-electron chi connectivity index (χ1n) is 7.84. The number of aromatic amines is 1. The molecule has 0 radical (unpaired) electrons. The molecule has 0 unspecified atom stereocenters. The molecule has 2 aliphatic heterocycles. The van der Waals surface area contributed by atoms with Crippen LogP contribution in [0.2, 0.25) is 0 Å². The Labute approximate surface area is 153 Å². The summed E-state index contributed by atoms with van der Waals surface area (Å²) in [5, 5.41) is 24.6. The maximum absolute atomic E-state index is 13.2. The molecule has 0 aromatic carbocycles. The van der Waals surface area contributed by atoms with Gasteiger partial charge in [-0.25, -0.2) is 0 Å². The Morgan fingerprint density at radius 3 is 2.48 bits per heavy atom. The molecule has 1 aromatic rings. The van der Waals surface area contributed by atoms with Crippen molar-refractivity contribution < 1.29 is 9.72 Å². The van der Waals surface area contributed by atoms with Gasteiger partial charge in [0, 0.05) is 37.7 Å². The number of nitrogens with zero attached hydrogens (tertiary/aromatic N) is 5. The minimum absolute atomic E-state index is 0.0295. The molecule has 2 aliphatic rings. The molecule has 3 heterocycles. The van der Waals surface area contributed by atoms with Crippen LogP contribution in [0.3, 0.4) is 0 Å². The zero-order valence-corrected chi connectivity index (χ0v) is 15.1. The second-order valence-electron chi connectivity index (χ2n) is 5.90. The lowest BCUT2D eigenvalue weighted by Gasteiger charge is -2.43. The van der Waals surface area contributed by atoms with Crippen molar-refractivity contribution in [2.24, 2.45) is 0 Å². The average molecular weight is 386 g/mol. The van der Waals surface area contributed by atoms with Gasteiger partial charge in [0.05, 0.1) is 18.0 Å². The van der Waals surface area contributed by atoms with Gasteiger partial charge in [0.1, 0.15) is 0 Å². The van der Waals surface area contributed by atoms with E-state index in [1.54, 1.807) is 16.7 Å². The lowest BCUT2D eigenvalue weighted by atomic mass is 10.3. The van der Waals surface area contributed by atoms with Crippen LogP contribution in [-0.2, 0) is 4.79 Å². The lowest BCUT2D eigenvalue weighted by molar-refractivity contribution is -0.385. The van der Waals surface area contributed by atoms with Crippen LogP contribution < -0.4 is 9.55 Å². The maximum atomic E-state index is 13.2. The van der Waals surface area contributed by atoms with Crippen LogP contribution in [0.4, 0.5) is 17.5 Å². The van der Waals surface area contributed by atoms with Crippen molar-refractivity contribution in [1.82, 2.24) is 19.5 Å². The highest BCUT2D eigenvalue weighted by Gasteiger charge is 2.36. The molecule has 12 heteroatoms. The van der Waals surface area contributed by atoms with E-state index >= 15 is 0 Å². The Balaban J connectivity index is 2.00. The van der Waals surface area contributed by atoms with Gasteiger partial charge in [0.15, 0.2) is 0 Å². The number of nitro groups is 1. The standard InChI is InChI=1S/C13H18N6O4S2/c20-9-16-1-3-17(4-2-16)13-14-11(10(18(21)22)12(24)15-13)19(23)5-7-25-8-6-19/h9H,1-8H2,(H,14,15,24). The van der Waals surface area contributed by atoms with Crippen molar-refractivity contribution in [2.45, 2.75) is 0 Å². The molecule has 3 rings (SSSR count). The Morgan fingerprint density at radius 2 is 1.92 bits per heavy atom. The molecule has 0 aliphatic carbocycles. The lowest BCUT2D eigenvalue weighted by Crippen LogP contribution is -2.51.